The fraction of sp³-hybridized carbons (Fsp3) is 0.250. The summed E-state index contributed by atoms with van der Waals surface area (Å²) in [5.74, 6) is 6.67. The van der Waals surface area contributed by atoms with E-state index in [4.69, 9.17) is 16.3 Å². The Morgan fingerprint density at radius 3 is 2.71 bits per heavy atom. The SMILES string of the molecule is CCc1ccc(OC)c(-c2cn(N)c(N)n2)c1. The average molecular weight is 232 g/mol. The Labute approximate surface area is 100.0 Å². The van der Waals surface area contributed by atoms with Crippen LogP contribution in [0.2, 0.25) is 0 Å². The molecule has 2 rings (SSSR count). The highest BCUT2D eigenvalue weighted by atomic mass is 16.5. The molecule has 0 unspecified atom stereocenters. The second-order valence-corrected chi connectivity index (χ2v) is 3.78. The summed E-state index contributed by atoms with van der Waals surface area (Å²) in [5, 5.41) is 0. The topological polar surface area (TPSA) is 79.1 Å². The van der Waals surface area contributed by atoms with Crippen molar-refractivity contribution >= 4 is 5.95 Å². The molecule has 1 aromatic heterocycles. The predicted molar refractivity (Wildman–Crippen MR) is 68.2 cm³/mol. The fourth-order valence-corrected chi connectivity index (χ4v) is 1.71. The number of imidazole rings is 1. The van der Waals surface area contributed by atoms with Crippen LogP contribution in [0.15, 0.2) is 24.4 Å². The van der Waals surface area contributed by atoms with E-state index in [1.807, 2.05) is 18.2 Å². The molecule has 0 spiro atoms. The summed E-state index contributed by atoms with van der Waals surface area (Å²) in [6.45, 7) is 2.10. The van der Waals surface area contributed by atoms with Crippen molar-refractivity contribution in [2.75, 3.05) is 18.7 Å². The monoisotopic (exact) mass is 232 g/mol. The molecule has 0 aliphatic heterocycles. The van der Waals surface area contributed by atoms with Crippen LogP contribution in [0.25, 0.3) is 11.3 Å². The van der Waals surface area contributed by atoms with Gasteiger partial charge in [0, 0.05) is 5.56 Å². The van der Waals surface area contributed by atoms with Crippen LogP contribution >= 0.6 is 0 Å². The van der Waals surface area contributed by atoms with Crippen LogP contribution in [0.4, 0.5) is 5.95 Å². The zero-order valence-electron chi connectivity index (χ0n) is 9.97. The van der Waals surface area contributed by atoms with Crippen LogP contribution in [0, 0.1) is 0 Å². The van der Waals surface area contributed by atoms with Gasteiger partial charge in [0.15, 0.2) is 0 Å². The van der Waals surface area contributed by atoms with Gasteiger partial charge in [0.2, 0.25) is 5.95 Å². The summed E-state index contributed by atoms with van der Waals surface area (Å²) in [4.78, 5) is 4.20. The molecule has 17 heavy (non-hydrogen) atoms. The van der Waals surface area contributed by atoms with Crippen LogP contribution in [0.5, 0.6) is 5.75 Å². The molecule has 0 saturated carbocycles. The Morgan fingerprint density at radius 1 is 1.41 bits per heavy atom. The highest BCUT2D eigenvalue weighted by molar-refractivity contribution is 5.68. The van der Waals surface area contributed by atoms with Crippen LogP contribution in [0.1, 0.15) is 12.5 Å². The van der Waals surface area contributed by atoms with E-state index in [0.717, 1.165) is 23.4 Å². The van der Waals surface area contributed by atoms with Gasteiger partial charge in [-0.1, -0.05) is 13.0 Å². The van der Waals surface area contributed by atoms with Gasteiger partial charge in [-0.3, -0.25) is 0 Å². The van der Waals surface area contributed by atoms with Crippen LogP contribution < -0.4 is 16.3 Å². The van der Waals surface area contributed by atoms with Gasteiger partial charge in [-0.15, -0.1) is 0 Å². The van der Waals surface area contributed by atoms with Crippen LogP contribution in [-0.2, 0) is 6.42 Å². The summed E-state index contributed by atoms with van der Waals surface area (Å²) < 4.78 is 6.62. The lowest BCUT2D eigenvalue weighted by Crippen LogP contribution is -2.09. The number of aromatic nitrogens is 2. The Bertz CT molecular complexity index is 514. The molecule has 0 saturated heterocycles. The average Bonchev–Trinajstić information content (AvgIpc) is 2.68. The first kappa shape index (κ1) is 11.3. The molecule has 90 valence electrons. The molecule has 4 N–H and O–H groups in total. The maximum Gasteiger partial charge on any atom is 0.219 e. The molecule has 0 radical (unpaired) electrons. The number of benzene rings is 1. The summed E-state index contributed by atoms with van der Waals surface area (Å²) in [5.41, 5.74) is 8.46. The van der Waals surface area contributed by atoms with Crippen molar-refractivity contribution in [1.29, 1.82) is 0 Å². The Morgan fingerprint density at radius 2 is 2.18 bits per heavy atom. The quantitative estimate of drug-likeness (QED) is 0.784. The number of hydrogen-bond acceptors (Lipinski definition) is 4. The summed E-state index contributed by atoms with van der Waals surface area (Å²) in [6.07, 6.45) is 2.64. The molecule has 2 aromatic rings. The molecule has 5 heteroatoms. The number of anilines is 1. The van der Waals surface area contributed by atoms with E-state index in [-0.39, 0.29) is 5.95 Å². The van der Waals surface area contributed by atoms with Gasteiger partial charge in [0.25, 0.3) is 0 Å². The number of rotatable bonds is 3. The molecule has 0 atom stereocenters. The lowest BCUT2D eigenvalue weighted by molar-refractivity contribution is 0.416. The number of nitrogens with zero attached hydrogens (tertiary/aromatic N) is 2. The first-order valence-corrected chi connectivity index (χ1v) is 5.43. The van der Waals surface area contributed by atoms with Crippen molar-refractivity contribution in [3.63, 3.8) is 0 Å². The summed E-state index contributed by atoms with van der Waals surface area (Å²) in [6, 6.07) is 6.01. The molecule has 0 fully saturated rings. The fourth-order valence-electron chi connectivity index (χ4n) is 1.71. The van der Waals surface area contributed by atoms with Crippen LogP contribution in [-0.4, -0.2) is 16.8 Å². The Hall–Kier alpha value is -2.17. The van der Waals surface area contributed by atoms with Crippen molar-refractivity contribution in [3.8, 4) is 17.0 Å². The van der Waals surface area contributed by atoms with Gasteiger partial charge in [-0.2, -0.15) is 0 Å². The number of hydrogen-bond donors (Lipinski definition) is 2. The maximum absolute atomic E-state index is 5.63. The highest BCUT2D eigenvalue weighted by Crippen LogP contribution is 2.30. The van der Waals surface area contributed by atoms with Gasteiger partial charge in [-0.25, -0.2) is 9.66 Å². The van der Waals surface area contributed by atoms with Gasteiger partial charge in [-0.05, 0) is 24.1 Å². The standard InChI is InChI=1S/C12H16N4O/c1-3-8-4-5-11(17-2)9(6-8)10-7-16(14)12(13)15-10/h4-7H,3,14H2,1-2H3,(H2,13,15). The first-order valence-electron chi connectivity index (χ1n) is 5.43. The zero-order valence-corrected chi connectivity index (χ0v) is 9.97. The van der Waals surface area contributed by atoms with E-state index in [0.29, 0.717) is 0 Å². The van der Waals surface area contributed by atoms with Crippen molar-refractivity contribution in [2.24, 2.45) is 0 Å². The minimum absolute atomic E-state index is 0.281. The third kappa shape index (κ3) is 2.04. The first-order chi connectivity index (χ1) is 8.15. The lowest BCUT2D eigenvalue weighted by atomic mass is 10.1. The number of nitrogens with two attached hydrogens (primary N) is 2. The molecular weight excluding hydrogens is 216 g/mol. The highest BCUT2D eigenvalue weighted by Gasteiger charge is 2.11. The Balaban J connectivity index is 2.55. The maximum atomic E-state index is 5.63. The third-order valence-electron chi connectivity index (χ3n) is 2.71. The van der Waals surface area contributed by atoms with Crippen molar-refractivity contribution < 1.29 is 4.74 Å². The number of ether oxygens (including phenoxy) is 1. The summed E-state index contributed by atoms with van der Waals surface area (Å²) in [7, 11) is 1.63. The van der Waals surface area contributed by atoms with E-state index in [1.165, 1.54) is 10.2 Å². The second kappa shape index (κ2) is 4.37. The van der Waals surface area contributed by atoms with Gasteiger partial charge in [0.1, 0.15) is 5.75 Å². The molecule has 0 aliphatic carbocycles. The molecule has 1 heterocycles. The second-order valence-electron chi connectivity index (χ2n) is 3.78. The molecule has 5 nitrogen and oxygen atoms in total. The number of aryl methyl sites for hydroxylation is 1. The Kier molecular flexibility index (Phi) is 2.91. The third-order valence-corrected chi connectivity index (χ3v) is 2.71. The molecular formula is C12H16N4O. The molecule has 0 bridgehead atoms. The van der Waals surface area contributed by atoms with Crippen molar-refractivity contribution in [3.05, 3.63) is 30.0 Å². The van der Waals surface area contributed by atoms with Gasteiger partial charge in [0.05, 0.1) is 19.0 Å². The predicted octanol–water partition coefficient (Wildman–Crippen LogP) is 1.42. The largest absolute Gasteiger partial charge is 0.496 e. The smallest absolute Gasteiger partial charge is 0.219 e. The van der Waals surface area contributed by atoms with Crippen molar-refractivity contribution in [1.82, 2.24) is 9.66 Å². The van der Waals surface area contributed by atoms with E-state index < -0.39 is 0 Å². The zero-order chi connectivity index (χ0) is 12.4. The van der Waals surface area contributed by atoms with E-state index in [2.05, 4.69) is 11.9 Å². The van der Waals surface area contributed by atoms with Crippen LogP contribution in [0.3, 0.4) is 0 Å². The minimum atomic E-state index is 0.281. The van der Waals surface area contributed by atoms with Gasteiger partial charge >= 0.3 is 0 Å². The number of nitrogen functional groups attached to an aromatic ring is 2. The molecule has 0 aliphatic rings. The molecule has 0 amide bonds. The van der Waals surface area contributed by atoms with E-state index >= 15 is 0 Å². The van der Waals surface area contributed by atoms with E-state index in [1.54, 1.807) is 13.3 Å². The normalized spacial score (nSPS) is 10.5. The lowest BCUT2D eigenvalue weighted by Gasteiger charge is -2.07. The minimum Gasteiger partial charge on any atom is -0.496 e. The summed E-state index contributed by atoms with van der Waals surface area (Å²) >= 11 is 0. The van der Waals surface area contributed by atoms with Gasteiger partial charge < -0.3 is 16.3 Å². The molecule has 1 aromatic carbocycles. The van der Waals surface area contributed by atoms with Crippen molar-refractivity contribution in [2.45, 2.75) is 13.3 Å². The number of methoxy groups -OCH3 is 1. The van der Waals surface area contributed by atoms with E-state index in [9.17, 15) is 0 Å².